The lowest BCUT2D eigenvalue weighted by molar-refractivity contribution is 0.160. The van der Waals surface area contributed by atoms with Crippen LogP contribution in [0.25, 0.3) is 0 Å². The normalized spacial score (nSPS) is 20.3. The van der Waals surface area contributed by atoms with Gasteiger partial charge in [0, 0.05) is 11.3 Å². The third kappa shape index (κ3) is 6.72. The predicted molar refractivity (Wildman–Crippen MR) is 88.5 cm³/mol. The molecule has 0 aliphatic carbocycles. The number of hydrogen-bond acceptors (Lipinski definition) is 3. The van der Waals surface area contributed by atoms with Gasteiger partial charge < -0.3 is 4.90 Å². The Morgan fingerprint density at radius 2 is 1.67 bits per heavy atom. The van der Waals surface area contributed by atoms with E-state index >= 15 is 0 Å². The zero-order valence-corrected chi connectivity index (χ0v) is 14.5. The molecule has 0 atom stereocenters. The molecule has 1 nitrogen and oxygen atoms in total. The van der Waals surface area contributed by atoms with Crippen molar-refractivity contribution in [1.29, 1.82) is 0 Å². The molecule has 1 rings (SSSR count). The van der Waals surface area contributed by atoms with Crippen molar-refractivity contribution >= 4 is 22.5 Å². The van der Waals surface area contributed by atoms with Gasteiger partial charge in [-0.15, -0.1) is 11.7 Å². The molecule has 1 aliphatic heterocycles. The van der Waals surface area contributed by atoms with E-state index in [1.54, 1.807) is 10.8 Å². The van der Waals surface area contributed by atoms with Gasteiger partial charge in [-0.1, -0.05) is 31.6 Å². The molecule has 18 heavy (non-hydrogen) atoms. The lowest BCUT2D eigenvalue weighted by Crippen LogP contribution is -2.41. The minimum absolute atomic E-state index is 0.279. The molecule has 1 saturated heterocycles. The minimum Gasteiger partial charge on any atom is -0.302 e. The summed E-state index contributed by atoms with van der Waals surface area (Å²) in [6.45, 7) is 15.4. The first-order valence-corrected chi connectivity index (χ1v) is 9.14. The number of hydrogen-bond donors (Lipinski definition) is 1. The van der Waals surface area contributed by atoms with Crippen LogP contribution >= 0.6 is 22.5 Å². The van der Waals surface area contributed by atoms with Crippen LogP contribution < -0.4 is 0 Å². The summed E-state index contributed by atoms with van der Waals surface area (Å²) in [5, 5.41) is 0. The molecule has 1 heterocycles. The molecule has 0 aromatic rings. The lowest BCUT2D eigenvalue weighted by atomic mass is 9.83. The number of piperidine rings is 1. The molecule has 0 N–H and O–H groups in total. The van der Waals surface area contributed by atoms with Gasteiger partial charge in [-0.2, -0.15) is 0 Å². The molecule has 0 aromatic carbocycles. The van der Waals surface area contributed by atoms with Crippen molar-refractivity contribution in [1.82, 2.24) is 4.90 Å². The Morgan fingerprint density at radius 1 is 1.11 bits per heavy atom. The van der Waals surface area contributed by atoms with Gasteiger partial charge in [0.2, 0.25) is 0 Å². The highest BCUT2D eigenvalue weighted by atomic mass is 33.1. The fourth-order valence-corrected chi connectivity index (χ4v) is 3.05. The van der Waals surface area contributed by atoms with Crippen molar-refractivity contribution in [3.05, 3.63) is 0 Å². The van der Waals surface area contributed by atoms with Crippen LogP contribution in [0.15, 0.2) is 0 Å². The van der Waals surface area contributed by atoms with E-state index in [9.17, 15) is 0 Å². The van der Waals surface area contributed by atoms with Gasteiger partial charge in [-0.25, -0.2) is 0 Å². The smallest absolute Gasteiger partial charge is 0.0331 e. The Morgan fingerprint density at radius 3 is 2.11 bits per heavy atom. The van der Waals surface area contributed by atoms with Gasteiger partial charge in [0.1, 0.15) is 0 Å². The summed E-state index contributed by atoms with van der Waals surface area (Å²) >= 11 is 4.37. The second kappa shape index (κ2) is 6.90. The first-order valence-electron chi connectivity index (χ1n) is 7.27. The van der Waals surface area contributed by atoms with Gasteiger partial charge >= 0.3 is 0 Å². The molecule has 1 fully saturated rings. The van der Waals surface area contributed by atoms with Crippen LogP contribution in [0.2, 0.25) is 0 Å². The average Bonchev–Trinajstić information content (AvgIpc) is 2.27. The van der Waals surface area contributed by atoms with E-state index in [0.717, 1.165) is 5.92 Å². The fraction of sp³-hybridized carbons (Fsp3) is 1.00. The SMILES string of the molecule is CC(C)(C)CCC1CCN(CC(C)(C)SS)CC1. The van der Waals surface area contributed by atoms with Crippen LogP contribution in [-0.4, -0.2) is 29.3 Å². The first kappa shape index (κ1) is 16.7. The standard InChI is InChI=1S/C15H31NS2/c1-14(2,3)9-6-13-7-10-16(11-8-13)12-15(4,5)18-17/h13,17H,6-12H2,1-5H3. The van der Waals surface area contributed by atoms with Gasteiger partial charge in [-0.05, 0) is 64.0 Å². The van der Waals surface area contributed by atoms with Crippen molar-refractivity contribution < 1.29 is 0 Å². The second-order valence-electron chi connectivity index (χ2n) is 7.67. The number of likely N-dealkylation sites (tertiary alicyclic amines) is 1. The molecule has 0 aromatic heterocycles. The van der Waals surface area contributed by atoms with E-state index in [2.05, 4.69) is 51.2 Å². The van der Waals surface area contributed by atoms with E-state index < -0.39 is 0 Å². The molecule has 0 unspecified atom stereocenters. The number of rotatable bonds is 5. The van der Waals surface area contributed by atoms with E-state index in [4.69, 9.17) is 0 Å². The zero-order chi connectivity index (χ0) is 13.8. The number of thiol groups is 1. The van der Waals surface area contributed by atoms with Crippen LogP contribution in [-0.2, 0) is 0 Å². The maximum absolute atomic E-state index is 4.37. The van der Waals surface area contributed by atoms with Crippen LogP contribution in [0.1, 0.15) is 60.3 Å². The molecule has 0 bridgehead atoms. The summed E-state index contributed by atoms with van der Waals surface area (Å²) in [6, 6.07) is 0. The Balaban J connectivity index is 2.25. The predicted octanol–water partition coefficient (Wildman–Crippen LogP) is 4.88. The third-order valence-electron chi connectivity index (χ3n) is 3.86. The molecule has 108 valence electrons. The fourth-order valence-electron chi connectivity index (χ4n) is 2.64. The van der Waals surface area contributed by atoms with E-state index in [1.807, 2.05) is 0 Å². The van der Waals surface area contributed by atoms with Gasteiger partial charge in [0.15, 0.2) is 0 Å². The third-order valence-corrected chi connectivity index (χ3v) is 5.97. The van der Waals surface area contributed by atoms with E-state index in [-0.39, 0.29) is 4.75 Å². The quantitative estimate of drug-likeness (QED) is 0.567. The van der Waals surface area contributed by atoms with Crippen LogP contribution in [0.3, 0.4) is 0 Å². The van der Waals surface area contributed by atoms with Crippen LogP contribution in [0, 0.1) is 11.3 Å². The molecule has 0 spiro atoms. The maximum atomic E-state index is 4.37. The zero-order valence-electron chi connectivity index (χ0n) is 12.8. The summed E-state index contributed by atoms with van der Waals surface area (Å²) in [5.41, 5.74) is 0.502. The Bertz CT molecular complexity index is 237. The monoisotopic (exact) mass is 289 g/mol. The van der Waals surface area contributed by atoms with Crippen LogP contribution in [0.5, 0.6) is 0 Å². The maximum Gasteiger partial charge on any atom is 0.0331 e. The number of nitrogens with zero attached hydrogens (tertiary/aromatic N) is 1. The van der Waals surface area contributed by atoms with Crippen LogP contribution in [0.4, 0.5) is 0 Å². The molecular formula is C15H31NS2. The molecular weight excluding hydrogens is 258 g/mol. The Labute approximate surface area is 123 Å². The topological polar surface area (TPSA) is 3.24 Å². The Hall–Kier alpha value is 0.660. The minimum atomic E-state index is 0.279. The summed E-state index contributed by atoms with van der Waals surface area (Å²) in [7, 11) is 1.69. The summed E-state index contributed by atoms with van der Waals surface area (Å²) in [4.78, 5) is 2.62. The summed E-state index contributed by atoms with van der Waals surface area (Å²) < 4.78 is 0.279. The van der Waals surface area contributed by atoms with Crippen molar-refractivity contribution in [2.45, 2.75) is 65.0 Å². The molecule has 3 heteroatoms. The average molecular weight is 290 g/mol. The van der Waals surface area contributed by atoms with E-state index in [1.165, 1.54) is 45.3 Å². The Kier molecular flexibility index (Phi) is 6.40. The van der Waals surface area contributed by atoms with Crippen molar-refractivity contribution in [2.24, 2.45) is 11.3 Å². The highest BCUT2D eigenvalue weighted by molar-refractivity contribution is 8.69. The van der Waals surface area contributed by atoms with Crippen molar-refractivity contribution in [3.8, 4) is 0 Å². The molecule has 0 radical (unpaired) electrons. The van der Waals surface area contributed by atoms with Gasteiger partial charge in [0.25, 0.3) is 0 Å². The van der Waals surface area contributed by atoms with Crippen molar-refractivity contribution in [3.63, 3.8) is 0 Å². The highest BCUT2D eigenvalue weighted by Crippen LogP contribution is 2.32. The molecule has 1 aliphatic rings. The first-order chi connectivity index (χ1) is 8.22. The van der Waals surface area contributed by atoms with Gasteiger partial charge in [0.05, 0.1) is 0 Å². The van der Waals surface area contributed by atoms with Crippen molar-refractivity contribution in [2.75, 3.05) is 19.6 Å². The lowest BCUT2D eigenvalue weighted by Gasteiger charge is -2.37. The molecule has 0 saturated carbocycles. The van der Waals surface area contributed by atoms with Gasteiger partial charge in [-0.3, -0.25) is 0 Å². The summed E-state index contributed by atoms with van der Waals surface area (Å²) in [6.07, 6.45) is 5.57. The van der Waals surface area contributed by atoms with E-state index in [0.29, 0.717) is 5.41 Å². The molecule has 0 amide bonds. The summed E-state index contributed by atoms with van der Waals surface area (Å²) in [5.74, 6) is 0.965. The second-order valence-corrected chi connectivity index (χ2v) is 9.51. The highest BCUT2D eigenvalue weighted by Gasteiger charge is 2.26. The largest absolute Gasteiger partial charge is 0.302 e.